The molecule has 0 saturated carbocycles. The Bertz CT molecular complexity index is 418. The van der Waals surface area contributed by atoms with Crippen LogP contribution in [-0.4, -0.2) is 23.0 Å². The zero-order chi connectivity index (χ0) is 13.3. The van der Waals surface area contributed by atoms with Gasteiger partial charge in [-0.15, -0.1) is 0 Å². The first kappa shape index (κ1) is 14.9. The SMILES string of the molecule is CC(C)(C)NS(=O)c1cccc[c]1[Ge]([CH3])([CH3])[CH3]. The van der Waals surface area contributed by atoms with E-state index in [-0.39, 0.29) is 5.54 Å². The van der Waals surface area contributed by atoms with Crippen LogP contribution in [-0.2, 0) is 11.0 Å². The van der Waals surface area contributed by atoms with Crippen molar-refractivity contribution in [3.8, 4) is 0 Å². The Morgan fingerprint density at radius 2 is 1.65 bits per heavy atom. The molecular weight excluding hydrogens is 291 g/mol. The molecule has 0 amide bonds. The number of nitrogens with one attached hydrogen (secondary N) is 1. The van der Waals surface area contributed by atoms with E-state index in [9.17, 15) is 4.21 Å². The molecule has 0 aliphatic rings. The van der Waals surface area contributed by atoms with Crippen LogP contribution in [0.3, 0.4) is 0 Å². The Hall–Kier alpha value is -0.127. The molecule has 0 aliphatic heterocycles. The molecule has 1 aromatic carbocycles. The Balaban J connectivity index is 3.11. The van der Waals surface area contributed by atoms with E-state index in [0.29, 0.717) is 0 Å². The minimum atomic E-state index is -1.96. The van der Waals surface area contributed by atoms with E-state index in [4.69, 9.17) is 0 Å². The molecule has 1 unspecified atom stereocenters. The van der Waals surface area contributed by atoms with Gasteiger partial charge in [0.25, 0.3) is 0 Å². The maximum absolute atomic E-state index is 12.4. The Labute approximate surface area is 110 Å². The normalized spacial score (nSPS) is 14.7. The van der Waals surface area contributed by atoms with Crippen molar-refractivity contribution < 1.29 is 4.21 Å². The van der Waals surface area contributed by atoms with Crippen molar-refractivity contribution >= 4 is 28.6 Å². The van der Waals surface area contributed by atoms with Gasteiger partial charge in [0.2, 0.25) is 0 Å². The van der Waals surface area contributed by atoms with Crippen molar-refractivity contribution in [1.29, 1.82) is 0 Å². The van der Waals surface area contributed by atoms with Gasteiger partial charge in [-0.3, -0.25) is 0 Å². The molecule has 1 aromatic rings. The average molecular weight is 314 g/mol. The average Bonchev–Trinajstić information content (AvgIpc) is 2.13. The molecule has 0 heterocycles. The van der Waals surface area contributed by atoms with E-state index in [1.807, 2.05) is 39.0 Å². The molecule has 0 aromatic heterocycles. The molecule has 0 fully saturated rings. The number of hydrogen-bond donors (Lipinski definition) is 1. The summed E-state index contributed by atoms with van der Waals surface area (Å²) in [6.45, 7) is 6.10. The molecule has 1 rings (SSSR count). The van der Waals surface area contributed by atoms with Gasteiger partial charge in [0.1, 0.15) is 0 Å². The summed E-state index contributed by atoms with van der Waals surface area (Å²) in [5.74, 6) is 6.98. The fourth-order valence-electron chi connectivity index (χ4n) is 1.58. The predicted molar refractivity (Wildman–Crippen MR) is 78.7 cm³/mol. The van der Waals surface area contributed by atoms with Crippen molar-refractivity contribution in [1.82, 2.24) is 4.72 Å². The maximum atomic E-state index is 12.4. The van der Waals surface area contributed by atoms with E-state index >= 15 is 0 Å². The summed E-state index contributed by atoms with van der Waals surface area (Å²) in [5.41, 5.74) is -0.136. The van der Waals surface area contributed by atoms with E-state index < -0.39 is 24.3 Å². The molecule has 1 atom stereocenters. The molecule has 0 spiro atoms. The van der Waals surface area contributed by atoms with Crippen LogP contribution in [0.2, 0.25) is 17.3 Å². The van der Waals surface area contributed by atoms with Crippen LogP contribution in [0.1, 0.15) is 20.8 Å². The van der Waals surface area contributed by atoms with Gasteiger partial charge in [0, 0.05) is 0 Å². The summed E-state index contributed by atoms with van der Waals surface area (Å²) >= 11 is -1.96. The molecule has 2 nitrogen and oxygen atoms in total. The molecule has 0 radical (unpaired) electrons. The summed E-state index contributed by atoms with van der Waals surface area (Å²) in [4.78, 5) is 0.968. The molecular formula is C13H23GeNOS. The summed E-state index contributed by atoms with van der Waals surface area (Å²) in [7, 11) is -1.11. The second-order valence-corrected chi connectivity index (χ2v) is 18.1. The topological polar surface area (TPSA) is 29.1 Å². The molecule has 17 heavy (non-hydrogen) atoms. The van der Waals surface area contributed by atoms with Crippen molar-refractivity contribution in [3.05, 3.63) is 24.3 Å². The van der Waals surface area contributed by atoms with E-state index in [0.717, 1.165) is 4.90 Å². The van der Waals surface area contributed by atoms with E-state index in [2.05, 4.69) is 28.1 Å². The van der Waals surface area contributed by atoms with Crippen LogP contribution >= 0.6 is 0 Å². The van der Waals surface area contributed by atoms with Gasteiger partial charge >= 0.3 is 110 Å². The van der Waals surface area contributed by atoms with Gasteiger partial charge in [-0.25, -0.2) is 0 Å². The Kier molecular flexibility index (Phi) is 4.61. The molecule has 1 N–H and O–H groups in total. The third-order valence-corrected chi connectivity index (χ3v) is 8.53. The number of benzene rings is 1. The number of rotatable bonds is 3. The third kappa shape index (κ3) is 4.56. The van der Waals surface area contributed by atoms with Crippen LogP contribution in [0, 0.1) is 0 Å². The van der Waals surface area contributed by atoms with E-state index in [1.54, 1.807) is 0 Å². The quantitative estimate of drug-likeness (QED) is 0.854. The first-order chi connectivity index (χ1) is 7.61. The van der Waals surface area contributed by atoms with Gasteiger partial charge in [-0.2, -0.15) is 0 Å². The summed E-state index contributed by atoms with van der Waals surface area (Å²) in [6, 6.07) is 8.14. The van der Waals surface area contributed by atoms with Crippen LogP contribution in [0.4, 0.5) is 0 Å². The van der Waals surface area contributed by atoms with Crippen LogP contribution < -0.4 is 9.12 Å². The first-order valence-corrected chi connectivity index (χ1v) is 14.4. The van der Waals surface area contributed by atoms with Gasteiger partial charge in [0.15, 0.2) is 0 Å². The van der Waals surface area contributed by atoms with Crippen LogP contribution in [0.15, 0.2) is 29.2 Å². The monoisotopic (exact) mass is 315 g/mol. The molecule has 4 heteroatoms. The third-order valence-electron chi connectivity index (χ3n) is 2.29. The van der Waals surface area contributed by atoms with Gasteiger partial charge in [0.05, 0.1) is 0 Å². The molecule has 0 saturated heterocycles. The van der Waals surface area contributed by atoms with E-state index in [1.165, 1.54) is 4.40 Å². The fraction of sp³-hybridized carbons (Fsp3) is 0.538. The molecule has 0 bridgehead atoms. The first-order valence-electron chi connectivity index (χ1n) is 5.90. The zero-order valence-corrected chi connectivity index (χ0v) is 14.5. The second-order valence-electron chi connectivity index (χ2n) is 6.37. The van der Waals surface area contributed by atoms with Crippen molar-refractivity contribution in [2.24, 2.45) is 0 Å². The van der Waals surface area contributed by atoms with Crippen LogP contribution in [0.25, 0.3) is 0 Å². The molecule has 0 aliphatic carbocycles. The van der Waals surface area contributed by atoms with Gasteiger partial charge < -0.3 is 0 Å². The van der Waals surface area contributed by atoms with Gasteiger partial charge in [-0.1, -0.05) is 0 Å². The van der Waals surface area contributed by atoms with Crippen molar-refractivity contribution in [2.75, 3.05) is 0 Å². The minimum absolute atomic E-state index is 0.136. The Morgan fingerprint density at radius 3 is 2.12 bits per heavy atom. The van der Waals surface area contributed by atoms with Crippen molar-refractivity contribution in [2.45, 2.75) is 48.5 Å². The summed E-state index contributed by atoms with van der Waals surface area (Å²) in [6.07, 6.45) is 0. The zero-order valence-electron chi connectivity index (χ0n) is 11.6. The summed E-state index contributed by atoms with van der Waals surface area (Å²) in [5, 5.41) is 0. The van der Waals surface area contributed by atoms with Crippen molar-refractivity contribution in [3.63, 3.8) is 0 Å². The van der Waals surface area contributed by atoms with Gasteiger partial charge in [-0.05, 0) is 0 Å². The predicted octanol–water partition coefficient (Wildman–Crippen LogP) is 2.64. The van der Waals surface area contributed by atoms with Crippen LogP contribution in [0.5, 0.6) is 0 Å². The standard InChI is InChI=1S/C13H23GeNOS/c1-13(2,3)15-17(16)12-10-8-7-9-11(12)14(4,5)6/h7-10,15H,1-6H3. The second kappa shape index (κ2) is 5.25. The fourth-order valence-corrected chi connectivity index (χ4v) is 7.87. The Morgan fingerprint density at radius 1 is 1.12 bits per heavy atom. The molecule has 96 valence electrons. The number of hydrogen-bond acceptors (Lipinski definition) is 1. The summed E-state index contributed by atoms with van der Waals surface area (Å²) < 4.78 is 16.8.